The lowest BCUT2D eigenvalue weighted by molar-refractivity contribution is -0.122. The van der Waals surface area contributed by atoms with E-state index in [0.717, 1.165) is 19.4 Å². The van der Waals surface area contributed by atoms with E-state index in [4.69, 9.17) is 5.73 Å². The van der Waals surface area contributed by atoms with Gasteiger partial charge in [-0.3, -0.25) is 9.59 Å². The smallest absolute Gasteiger partial charge is 0.267 e. The van der Waals surface area contributed by atoms with Crippen LogP contribution in [0.25, 0.3) is 0 Å². The summed E-state index contributed by atoms with van der Waals surface area (Å²) in [5.41, 5.74) is 5.08. The van der Waals surface area contributed by atoms with Crippen LogP contribution in [0.4, 0.5) is 5.82 Å². The first-order valence-electron chi connectivity index (χ1n) is 5.37. The number of aromatic nitrogens is 2. The number of anilines is 1. The molecule has 0 saturated carbocycles. The number of H-pyrrole nitrogens is 1. The summed E-state index contributed by atoms with van der Waals surface area (Å²) in [6.07, 6.45) is 3.03. The predicted octanol–water partition coefficient (Wildman–Crippen LogP) is 0.234. The Kier molecular flexibility index (Phi) is 3.46. The summed E-state index contributed by atoms with van der Waals surface area (Å²) in [6.45, 7) is 1.29. The molecule has 1 fully saturated rings. The molecule has 0 bridgehead atoms. The van der Waals surface area contributed by atoms with E-state index in [1.165, 1.54) is 6.33 Å². The lowest BCUT2D eigenvalue weighted by Crippen LogP contribution is -2.42. The van der Waals surface area contributed by atoms with Crippen molar-refractivity contribution in [1.29, 1.82) is 0 Å². The average molecular weight is 301 g/mol. The van der Waals surface area contributed by atoms with Gasteiger partial charge in [0.1, 0.15) is 10.3 Å². The van der Waals surface area contributed by atoms with Crippen LogP contribution >= 0.6 is 15.9 Å². The average Bonchev–Trinajstić information content (AvgIpc) is 2.33. The molecule has 1 aliphatic rings. The number of carbonyl (C=O) groups excluding carboxylic acids is 1. The first-order valence-corrected chi connectivity index (χ1v) is 6.16. The van der Waals surface area contributed by atoms with Gasteiger partial charge in [-0.25, -0.2) is 4.98 Å². The number of nitrogens with two attached hydrogens (primary N) is 1. The summed E-state index contributed by atoms with van der Waals surface area (Å²) >= 11 is 3.21. The van der Waals surface area contributed by atoms with Crippen molar-refractivity contribution in [2.24, 2.45) is 11.7 Å². The third-order valence-corrected chi connectivity index (χ3v) is 3.62. The molecule has 0 radical (unpaired) electrons. The Hall–Kier alpha value is -1.37. The fourth-order valence-corrected chi connectivity index (χ4v) is 2.46. The maximum atomic E-state index is 11.4. The summed E-state index contributed by atoms with van der Waals surface area (Å²) in [5, 5.41) is 0. The maximum Gasteiger partial charge on any atom is 0.267 e. The summed E-state index contributed by atoms with van der Waals surface area (Å²) in [7, 11) is 0. The number of nitrogens with zero attached hydrogens (tertiary/aromatic N) is 2. The van der Waals surface area contributed by atoms with Crippen LogP contribution in [0.15, 0.2) is 15.6 Å². The van der Waals surface area contributed by atoms with Gasteiger partial charge in [0.25, 0.3) is 5.56 Å². The molecule has 7 heteroatoms. The van der Waals surface area contributed by atoms with E-state index in [1.54, 1.807) is 0 Å². The molecule has 2 rings (SSSR count). The SMILES string of the molecule is NC(=O)C1CCCN(c2nc[nH]c(=O)c2Br)C1. The Morgan fingerprint density at radius 1 is 1.65 bits per heavy atom. The summed E-state index contributed by atoms with van der Waals surface area (Å²) in [6, 6.07) is 0. The molecule has 1 amide bonds. The monoisotopic (exact) mass is 300 g/mol. The fourth-order valence-electron chi connectivity index (χ4n) is 2.00. The van der Waals surface area contributed by atoms with E-state index in [2.05, 4.69) is 25.9 Å². The topological polar surface area (TPSA) is 92.1 Å². The van der Waals surface area contributed by atoms with Crippen molar-refractivity contribution in [2.75, 3.05) is 18.0 Å². The molecule has 6 nitrogen and oxygen atoms in total. The molecule has 0 aromatic carbocycles. The molecule has 0 aliphatic carbocycles. The first kappa shape index (κ1) is 12.1. The van der Waals surface area contributed by atoms with Crippen molar-refractivity contribution in [3.8, 4) is 0 Å². The largest absolute Gasteiger partial charge is 0.369 e. The summed E-state index contributed by atoms with van der Waals surface area (Å²) < 4.78 is 0.394. The summed E-state index contributed by atoms with van der Waals surface area (Å²) in [4.78, 5) is 31.1. The zero-order valence-corrected chi connectivity index (χ0v) is 10.7. The molecule has 1 unspecified atom stereocenters. The highest BCUT2D eigenvalue weighted by molar-refractivity contribution is 9.10. The lowest BCUT2D eigenvalue weighted by Gasteiger charge is -2.32. The van der Waals surface area contributed by atoms with Crippen LogP contribution in [0.2, 0.25) is 0 Å². The number of hydrogen-bond acceptors (Lipinski definition) is 4. The molecular formula is C10H13BrN4O2. The van der Waals surface area contributed by atoms with Gasteiger partial charge in [0.05, 0.1) is 12.2 Å². The Bertz CT molecular complexity index is 487. The quantitative estimate of drug-likeness (QED) is 0.818. The highest BCUT2D eigenvalue weighted by Gasteiger charge is 2.26. The number of rotatable bonds is 2. The third-order valence-electron chi connectivity index (χ3n) is 2.90. The van der Waals surface area contributed by atoms with Crippen LogP contribution < -0.4 is 16.2 Å². The Morgan fingerprint density at radius 2 is 2.41 bits per heavy atom. The van der Waals surface area contributed by atoms with E-state index in [9.17, 15) is 9.59 Å². The minimum absolute atomic E-state index is 0.170. The van der Waals surface area contributed by atoms with Crippen molar-refractivity contribution in [2.45, 2.75) is 12.8 Å². The van der Waals surface area contributed by atoms with Gasteiger partial charge in [0.2, 0.25) is 5.91 Å². The Morgan fingerprint density at radius 3 is 3.12 bits per heavy atom. The van der Waals surface area contributed by atoms with E-state index in [1.807, 2.05) is 4.90 Å². The van der Waals surface area contributed by atoms with Gasteiger partial charge in [0, 0.05) is 13.1 Å². The van der Waals surface area contributed by atoms with Crippen LogP contribution in [0, 0.1) is 5.92 Å². The molecule has 0 spiro atoms. The maximum absolute atomic E-state index is 11.4. The Balaban J connectivity index is 2.25. The van der Waals surface area contributed by atoms with Gasteiger partial charge in [-0.15, -0.1) is 0 Å². The van der Waals surface area contributed by atoms with Crippen molar-refractivity contribution in [1.82, 2.24) is 9.97 Å². The third kappa shape index (κ3) is 2.49. The molecule has 17 heavy (non-hydrogen) atoms. The minimum Gasteiger partial charge on any atom is -0.369 e. The fraction of sp³-hybridized carbons (Fsp3) is 0.500. The molecule has 1 saturated heterocycles. The molecule has 1 aromatic rings. The van der Waals surface area contributed by atoms with Crippen molar-refractivity contribution >= 4 is 27.7 Å². The lowest BCUT2D eigenvalue weighted by atomic mass is 9.97. The van der Waals surface area contributed by atoms with Gasteiger partial charge >= 0.3 is 0 Å². The van der Waals surface area contributed by atoms with E-state index < -0.39 is 0 Å². The van der Waals surface area contributed by atoms with Gasteiger partial charge in [-0.2, -0.15) is 0 Å². The number of piperidine rings is 1. The van der Waals surface area contributed by atoms with Crippen LogP contribution in [-0.2, 0) is 4.79 Å². The van der Waals surface area contributed by atoms with Crippen LogP contribution in [-0.4, -0.2) is 29.0 Å². The molecular weight excluding hydrogens is 288 g/mol. The molecule has 1 aliphatic heterocycles. The van der Waals surface area contributed by atoms with Gasteiger partial charge in [-0.1, -0.05) is 0 Å². The van der Waals surface area contributed by atoms with Crippen molar-refractivity contribution in [3.63, 3.8) is 0 Å². The highest BCUT2D eigenvalue weighted by atomic mass is 79.9. The second-order valence-electron chi connectivity index (χ2n) is 4.06. The molecule has 1 atom stereocenters. The standard InChI is InChI=1S/C10H13BrN4O2/c11-7-9(13-5-14-10(7)17)15-3-1-2-6(4-15)8(12)16/h5-6H,1-4H2,(H2,12,16)(H,13,14,17). The van der Waals surface area contributed by atoms with E-state index in [-0.39, 0.29) is 17.4 Å². The molecule has 92 valence electrons. The second kappa shape index (κ2) is 4.87. The number of halogens is 1. The summed E-state index contributed by atoms with van der Waals surface area (Å²) in [5.74, 6) is 0.104. The number of aromatic amines is 1. The van der Waals surface area contributed by atoms with Crippen LogP contribution in [0.3, 0.4) is 0 Å². The van der Waals surface area contributed by atoms with Crippen LogP contribution in [0.5, 0.6) is 0 Å². The molecule has 3 N–H and O–H groups in total. The predicted molar refractivity (Wildman–Crippen MR) is 66.7 cm³/mol. The van der Waals surface area contributed by atoms with Gasteiger partial charge in [-0.05, 0) is 28.8 Å². The highest BCUT2D eigenvalue weighted by Crippen LogP contribution is 2.25. The van der Waals surface area contributed by atoms with E-state index in [0.29, 0.717) is 16.8 Å². The number of primary amides is 1. The van der Waals surface area contributed by atoms with Gasteiger partial charge < -0.3 is 15.6 Å². The zero-order chi connectivity index (χ0) is 12.4. The Labute approximate surface area is 106 Å². The normalized spacial score (nSPS) is 20.3. The van der Waals surface area contributed by atoms with Crippen molar-refractivity contribution in [3.05, 3.63) is 21.2 Å². The zero-order valence-electron chi connectivity index (χ0n) is 9.15. The second-order valence-corrected chi connectivity index (χ2v) is 4.85. The van der Waals surface area contributed by atoms with Gasteiger partial charge in [0.15, 0.2) is 0 Å². The first-order chi connectivity index (χ1) is 8.09. The number of hydrogen-bond donors (Lipinski definition) is 2. The number of amides is 1. The van der Waals surface area contributed by atoms with Crippen molar-refractivity contribution < 1.29 is 4.79 Å². The van der Waals surface area contributed by atoms with E-state index >= 15 is 0 Å². The minimum atomic E-state index is -0.296. The molecule has 1 aromatic heterocycles. The number of nitrogens with one attached hydrogen (secondary N) is 1. The molecule has 2 heterocycles. The number of carbonyl (C=O) groups is 1. The van der Waals surface area contributed by atoms with Crippen LogP contribution in [0.1, 0.15) is 12.8 Å².